The van der Waals surface area contributed by atoms with E-state index >= 15 is 0 Å². The maximum absolute atomic E-state index is 13.9. The zero-order chi connectivity index (χ0) is 33.9. The molecule has 0 bridgehead atoms. The minimum atomic E-state index is -2.01. The van der Waals surface area contributed by atoms with Crippen molar-refractivity contribution in [1.82, 2.24) is 5.32 Å². The number of hydrogen-bond acceptors (Lipinski definition) is 13. The molecule has 2 aliphatic heterocycles. The Morgan fingerprint density at radius 1 is 1.09 bits per heavy atom. The normalized spacial score (nSPS) is 32.6. The van der Waals surface area contributed by atoms with E-state index in [1.165, 1.54) is 32.2 Å². The Bertz CT molecular complexity index is 1610. The number of phenolic OH excluding ortho intramolecular Hbond substituents is 2. The standard InChI is InChI=1S/C34H41NO12/c1-14(36)9-23-44-15(2)13-35-20-10-24(45-16(3)33(20)47-23)46-22-12-34(42,17(4)37)11-19-26(22)32(41)28-27(30(19)39)29(38)18-7-6-8-21(43-5)25(18)31(28)40/h6-8,14-16,20,22-24,33,35-36,39,41-42H,9-13H2,1-5H3. The average molecular weight is 656 g/mol. The van der Waals surface area contributed by atoms with Crippen LogP contribution in [0.15, 0.2) is 18.2 Å². The number of ether oxygens (including phenoxy) is 5. The molecule has 9 unspecified atom stereocenters. The Morgan fingerprint density at radius 2 is 1.81 bits per heavy atom. The molecule has 0 aromatic heterocycles. The van der Waals surface area contributed by atoms with Crippen molar-refractivity contribution in [3.63, 3.8) is 0 Å². The van der Waals surface area contributed by atoms with Crippen LogP contribution in [0, 0.1) is 0 Å². The summed E-state index contributed by atoms with van der Waals surface area (Å²) in [4.78, 5) is 40.4. The quantitative estimate of drug-likeness (QED) is 0.243. The molecule has 2 aromatic carbocycles. The number of fused-ring (bicyclic) bond motifs is 4. The van der Waals surface area contributed by atoms with Gasteiger partial charge < -0.3 is 49.4 Å². The lowest BCUT2D eigenvalue weighted by molar-refractivity contribution is -0.293. The van der Waals surface area contributed by atoms with Gasteiger partial charge in [0.15, 0.2) is 24.1 Å². The van der Waals surface area contributed by atoms with Gasteiger partial charge in [-0.25, -0.2) is 0 Å². The molecule has 2 heterocycles. The van der Waals surface area contributed by atoms with E-state index in [9.17, 15) is 34.8 Å². The zero-order valence-corrected chi connectivity index (χ0v) is 26.9. The number of carbonyl (C=O) groups is 3. The predicted molar refractivity (Wildman–Crippen MR) is 164 cm³/mol. The van der Waals surface area contributed by atoms with Crippen LogP contribution >= 0.6 is 0 Å². The smallest absolute Gasteiger partial charge is 0.202 e. The van der Waals surface area contributed by atoms with Crippen LogP contribution in [0.4, 0.5) is 0 Å². The molecule has 2 aromatic rings. The van der Waals surface area contributed by atoms with Crippen LogP contribution in [-0.2, 0) is 30.2 Å². The van der Waals surface area contributed by atoms with E-state index in [0.717, 1.165) is 0 Å². The van der Waals surface area contributed by atoms with Crippen molar-refractivity contribution in [2.75, 3.05) is 13.7 Å². The van der Waals surface area contributed by atoms with Gasteiger partial charge in [-0.3, -0.25) is 14.4 Å². The lowest BCUT2D eigenvalue weighted by Gasteiger charge is -2.46. The highest BCUT2D eigenvalue weighted by Crippen LogP contribution is 2.52. The Labute approximate surface area is 271 Å². The van der Waals surface area contributed by atoms with Gasteiger partial charge in [0.2, 0.25) is 5.78 Å². The summed E-state index contributed by atoms with van der Waals surface area (Å²) in [5.74, 6) is -3.10. The Kier molecular flexibility index (Phi) is 8.94. The van der Waals surface area contributed by atoms with Crippen LogP contribution in [0.3, 0.4) is 0 Å². The first-order chi connectivity index (χ1) is 22.2. The second-order valence-electron chi connectivity index (χ2n) is 13.1. The van der Waals surface area contributed by atoms with Gasteiger partial charge in [0.05, 0.1) is 48.2 Å². The molecule has 4 aliphatic rings. The lowest BCUT2D eigenvalue weighted by atomic mass is 9.72. The van der Waals surface area contributed by atoms with E-state index in [1.807, 2.05) is 6.92 Å². The van der Waals surface area contributed by atoms with E-state index in [0.29, 0.717) is 6.54 Å². The summed E-state index contributed by atoms with van der Waals surface area (Å²) in [6, 6.07) is 4.20. The number of aromatic hydroxyl groups is 2. The lowest BCUT2D eigenvalue weighted by Crippen LogP contribution is -2.59. The molecule has 254 valence electrons. The van der Waals surface area contributed by atoms with Crippen LogP contribution in [0.1, 0.15) is 96.0 Å². The van der Waals surface area contributed by atoms with E-state index < -0.39 is 89.0 Å². The average Bonchev–Trinajstić information content (AvgIpc) is 3.00. The van der Waals surface area contributed by atoms with Crippen molar-refractivity contribution in [2.45, 2.75) is 108 Å². The third kappa shape index (κ3) is 5.84. The summed E-state index contributed by atoms with van der Waals surface area (Å²) in [5.41, 5.74) is -2.96. The van der Waals surface area contributed by atoms with Crippen LogP contribution < -0.4 is 10.1 Å². The molecule has 13 nitrogen and oxygen atoms in total. The number of nitrogens with one attached hydrogen (secondary N) is 1. The van der Waals surface area contributed by atoms with Crippen molar-refractivity contribution in [3.8, 4) is 17.2 Å². The van der Waals surface area contributed by atoms with Gasteiger partial charge in [0.25, 0.3) is 0 Å². The number of ketones is 3. The van der Waals surface area contributed by atoms with Gasteiger partial charge in [0.1, 0.15) is 29.0 Å². The SMILES string of the molecule is COc1cccc2c1C(=O)c1c(O)c3c(c(O)c1C2=O)CC(O)(C(C)=O)CC3OC1CC2NCC(C)OC(CC(C)O)OC2C(C)O1. The molecule has 2 fully saturated rings. The minimum absolute atomic E-state index is 0.00838. The second kappa shape index (κ2) is 12.5. The number of aliphatic hydroxyl groups excluding tert-OH is 1. The van der Waals surface area contributed by atoms with E-state index in [4.69, 9.17) is 23.7 Å². The highest BCUT2D eigenvalue weighted by molar-refractivity contribution is 6.31. The molecule has 0 spiro atoms. The maximum atomic E-state index is 13.9. The fourth-order valence-electron chi connectivity index (χ4n) is 7.24. The summed E-state index contributed by atoms with van der Waals surface area (Å²) < 4.78 is 30.2. The third-order valence-corrected chi connectivity index (χ3v) is 9.61. The number of Topliss-reactive ketones (excluding diaryl/α,β-unsaturated/α-hetero) is 1. The predicted octanol–water partition coefficient (Wildman–Crippen LogP) is 2.20. The third-order valence-electron chi connectivity index (χ3n) is 9.61. The first kappa shape index (κ1) is 33.5. The molecule has 2 aliphatic carbocycles. The summed E-state index contributed by atoms with van der Waals surface area (Å²) >= 11 is 0. The summed E-state index contributed by atoms with van der Waals surface area (Å²) in [6.45, 7) is 7.04. The molecule has 0 amide bonds. The molecular formula is C34H41NO12. The summed E-state index contributed by atoms with van der Waals surface area (Å²) in [7, 11) is 1.35. The fraction of sp³-hybridized carbons (Fsp3) is 0.559. The number of aliphatic hydroxyl groups is 2. The fourth-order valence-corrected chi connectivity index (χ4v) is 7.24. The molecule has 2 saturated heterocycles. The van der Waals surface area contributed by atoms with Gasteiger partial charge >= 0.3 is 0 Å². The summed E-state index contributed by atoms with van der Waals surface area (Å²) in [6.07, 6.45) is -4.89. The van der Waals surface area contributed by atoms with Crippen molar-refractivity contribution >= 4 is 17.3 Å². The molecule has 0 radical (unpaired) electrons. The van der Waals surface area contributed by atoms with E-state index in [1.54, 1.807) is 13.8 Å². The van der Waals surface area contributed by atoms with Crippen molar-refractivity contribution in [3.05, 3.63) is 51.6 Å². The first-order valence-corrected chi connectivity index (χ1v) is 15.9. The van der Waals surface area contributed by atoms with E-state index in [-0.39, 0.29) is 59.4 Å². The molecular weight excluding hydrogens is 614 g/mol. The number of methoxy groups -OCH3 is 1. The number of phenols is 2. The molecule has 13 heteroatoms. The molecule has 0 saturated carbocycles. The topological polar surface area (TPSA) is 190 Å². The molecule has 47 heavy (non-hydrogen) atoms. The highest BCUT2D eigenvalue weighted by Gasteiger charge is 2.50. The van der Waals surface area contributed by atoms with Crippen molar-refractivity contribution in [2.24, 2.45) is 0 Å². The Balaban J connectivity index is 1.38. The molecule has 5 N–H and O–H groups in total. The van der Waals surface area contributed by atoms with Crippen LogP contribution in [0.25, 0.3) is 0 Å². The Hall–Kier alpha value is -3.43. The van der Waals surface area contributed by atoms with Crippen molar-refractivity contribution < 1.29 is 58.5 Å². The number of hydrogen-bond donors (Lipinski definition) is 5. The van der Waals surface area contributed by atoms with Gasteiger partial charge in [-0.1, -0.05) is 12.1 Å². The molecule has 9 atom stereocenters. The number of carbonyl (C=O) groups excluding carboxylic acids is 3. The van der Waals surface area contributed by atoms with Gasteiger partial charge in [0, 0.05) is 55.0 Å². The first-order valence-electron chi connectivity index (χ1n) is 15.9. The maximum Gasteiger partial charge on any atom is 0.202 e. The van der Waals surface area contributed by atoms with Gasteiger partial charge in [-0.05, 0) is 33.8 Å². The van der Waals surface area contributed by atoms with E-state index in [2.05, 4.69) is 5.32 Å². The van der Waals surface area contributed by atoms with Crippen molar-refractivity contribution in [1.29, 1.82) is 0 Å². The van der Waals surface area contributed by atoms with Gasteiger partial charge in [-0.2, -0.15) is 0 Å². The number of rotatable bonds is 6. The zero-order valence-electron chi connectivity index (χ0n) is 26.9. The Morgan fingerprint density at radius 3 is 2.49 bits per heavy atom. The molecule has 6 rings (SSSR count). The highest BCUT2D eigenvalue weighted by atomic mass is 16.7. The van der Waals surface area contributed by atoms with Crippen LogP contribution in [-0.4, -0.2) is 100 Å². The van der Waals surface area contributed by atoms with Crippen LogP contribution in [0.5, 0.6) is 17.2 Å². The second-order valence-corrected chi connectivity index (χ2v) is 13.1. The number of benzene rings is 2. The van der Waals surface area contributed by atoms with Gasteiger partial charge in [-0.15, -0.1) is 0 Å². The monoisotopic (exact) mass is 655 g/mol. The van der Waals surface area contributed by atoms with Crippen LogP contribution in [0.2, 0.25) is 0 Å². The minimum Gasteiger partial charge on any atom is -0.507 e. The summed E-state index contributed by atoms with van der Waals surface area (Å²) in [5, 5.41) is 48.2. The largest absolute Gasteiger partial charge is 0.507 e.